The van der Waals surface area contributed by atoms with Gasteiger partial charge in [-0.25, -0.2) is 9.24 Å². The normalized spacial score (nSPS) is 10.6. The van der Waals surface area contributed by atoms with Crippen molar-refractivity contribution in [2.24, 2.45) is 0 Å². The predicted octanol–water partition coefficient (Wildman–Crippen LogP) is 4.17. The highest BCUT2D eigenvalue weighted by atomic mass is 32.2. The lowest BCUT2D eigenvalue weighted by atomic mass is 10.2. The summed E-state index contributed by atoms with van der Waals surface area (Å²) in [7, 11) is 4.00. The minimum atomic E-state index is -0.639. The van der Waals surface area contributed by atoms with Crippen molar-refractivity contribution >= 4 is 23.1 Å². The lowest BCUT2D eigenvalue weighted by molar-refractivity contribution is 0.399. The molecule has 2 N–H and O–H groups in total. The molecule has 0 aliphatic rings. The molecule has 0 unspecified atom stereocenters. The maximum Gasteiger partial charge on any atom is 0.224 e. The van der Waals surface area contributed by atoms with Crippen LogP contribution in [0.5, 0.6) is 0 Å². The van der Waals surface area contributed by atoms with E-state index in [4.69, 9.17) is 12.3 Å². The summed E-state index contributed by atoms with van der Waals surface area (Å²) in [5.74, 6) is -0.639. The Morgan fingerprint density at radius 2 is 1.90 bits per heavy atom. The minimum absolute atomic E-state index is 0.0353. The number of nitrogens with zero attached hydrogens (tertiary/aromatic N) is 2. The summed E-state index contributed by atoms with van der Waals surface area (Å²) < 4.78 is 13.9. The lowest BCUT2D eigenvalue weighted by Crippen LogP contribution is -2.11. The molecule has 0 atom stereocenters. The second-order valence-corrected chi connectivity index (χ2v) is 5.95. The first kappa shape index (κ1) is 15.4. The maximum absolute atomic E-state index is 13.9. The molecule has 2 rings (SSSR count). The number of rotatable bonds is 4. The fourth-order valence-corrected chi connectivity index (χ4v) is 2.92. The zero-order valence-corrected chi connectivity index (χ0v) is 12.7. The van der Waals surface area contributed by atoms with Gasteiger partial charge in [-0.05, 0) is 25.7 Å². The molecular weight excluding hydrogens is 284 g/mol. The van der Waals surface area contributed by atoms with Crippen molar-refractivity contribution in [1.29, 1.82) is 0 Å². The molecule has 0 aliphatic carbocycles. The first-order valence-corrected chi connectivity index (χ1v) is 7.20. The Hall–Kier alpha value is -2.03. The van der Waals surface area contributed by atoms with Gasteiger partial charge in [0, 0.05) is 16.3 Å². The molecule has 5 heteroatoms. The van der Waals surface area contributed by atoms with Gasteiger partial charge in [-0.3, -0.25) is 0 Å². The first-order valence-electron chi connectivity index (χ1n) is 6.39. The van der Waals surface area contributed by atoms with Crippen molar-refractivity contribution in [2.75, 3.05) is 19.8 Å². The number of halogens is 1. The highest BCUT2D eigenvalue weighted by molar-refractivity contribution is 7.99. The monoisotopic (exact) mass is 300 g/mol. The third-order valence-corrected chi connectivity index (χ3v) is 4.11. The van der Waals surface area contributed by atoms with Crippen molar-refractivity contribution in [3.05, 3.63) is 59.2 Å². The van der Waals surface area contributed by atoms with E-state index >= 15 is 0 Å². The standard InChI is InChI=1S/C16H16FN3S/c1-19-12-8-9-14(16(18)15(12)17)21-13-7-5-4-6-11(13)10-20(2)3/h4-9H,10,18H2,2-3H3/i17-1. The van der Waals surface area contributed by atoms with Crippen LogP contribution < -0.4 is 5.73 Å². The van der Waals surface area contributed by atoms with Gasteiger partial charge in [-0.2, -0.15) is 0 Å². The van der Waals surface area contributed by atoms with Crippen LogP contribution in [0.2, 0.25) is 0 Å². The summed E-state index contributed by atoms with van der Waals surface area (Å²) in [6, 6.07) is 11.1. The molecule has 108 valence electrons. The first-order chi connectivity index (χ1) is 10.0. The Morgan fingerprint density at radius 1 is 1.19 bits per heavy atom. The zero-order valence-electron chi connectivity index (χ0n) is 11.9. The second kappa shape index (κ2) is 6.61. The maximum atomic E-state index is 13.9. The van der Waals surface area contributed by atoms with Crippen molar-refractivity contribution in [2.45, 2.75) is 16.3 Å². The highest BCUT2D eigenvalue weighted by Crippen LogP contribution is 2.38. The highest BCUT2D eigenvalue weighted by Gasteiger charge is 2.13. The van der Waals surface area contributed by atoms with Crippen molar-refractivity contribution in [3.8, 4) is 0 Å². The number of nitrogens with two attached hydrogens (primary N) is 1. The zero-order chi connectivity index (χ0) is 15.4. The largest absolute Gasteiger partial charge is 0.397 e. The van der Waals surface area contributed by atoms with E-state index in [1.54, 1.807) is 6.07 Å². The summed E-state index contributed by atoms with van der Waals surface area (Å²) in [6.07, 6.45) is 0. The van der Waals surface area contributed by atoms with E-state index in [0.29, 0.717) is 4.90 Å². The summed E-state index contributed by atoms with van der Waals surface area (Å²) in [4.78, 5) is 6.86. The van der Waals surface area contributed by atoms with Crippen LogP contribution in [-0.4, -0.2) is 19.0 Å². The summed E-state index contributed by atoms with van der Waals surface area (Å²) in [5, 5.41) is 0. The van der Waals surface area contributed by atoms with Crippen LogP contribution in [0, 0.1) is 12.4 Å². The number of anilines is 1. The molecule has 0 radical (unpaired) electrons. The van der Waals surface area contributed by atoms with Gasteiger partial charge in [-0.15, -0.1) is 0 Å². The average Bonchev–Trinajstić information content (AvgIpc) is 2.45. The predicted molar refractivity (Wildman–Crippen MR) is 85.0 cm³/mol. The van der Waals surface area contributed by atoms with E-state index in [1.165, 1.54) is 17.8 Å². The summed E-state index contributed by atoms with van der Waals surface area (Å²) in [5.41, 5.74) is 6.95. The Balaban J connectivity index is 2.35. The average molecular weight is 300 g/mol. The summed E-state index contributed by atoms with van der Waals surface area (Å²) >= 11 is 1.42. The SMILES string of the molecule is [C-]#[N+]c1ccc(Sc2ccccc2CN(C)C)c(N)c1[18F]. The van der Waals surface area contributed by atoms with Crippen molar-refractivity contribution < 1.29 is 4.39 Å². The molecule has 0 aromatic heterocycles. The van der Waals surface area contributed by atoms with Gasteiger partial charge < -0.3 is 10.6 Å². The van der Waals surface area contributed by atoms with Crippen molar-refractivity contribution in [1.82, 2.24) is 4.90 Å². The van der Waals surface area contributed by atoms with Crippen LogP contribution >= 0.6 is 11.8 Å². The van der Waals surface area contributed by atoms with Crippen molar-refractivity contribution in [3.63, 3.8) is 0 Å². The van der Waals surface area contributed by atoms with E-state index in [0.717, 1.165) is 17.0 Å². The van der Waals surface area contributed by atoms with E-state index in [1.807, 2.05) is 38.4 Å². The number of hydrogen-bond acceptors (Lipinski definition) is 3. The van der Waals surface area contributed by atoms with E-state index in [9.17, 15) is 4.39 Å². The quantitative estimate of drug-likeness (QED) is 0.679. The third-order valence-electron chi connectivity index (χ3n) is 2.92. The fraction of sp³-hybridized carbons (Fsp3) is 0.188. The van der Waals surface area contributed by atoms with Gasteiger partial charge in [-0.1, -0.05) is 42.1 Å². The van der Waals surface area contributed by atoms with Crippen LogP contribution in [-0.2, 0) is 6.54 Å². The number of nitrogen functional groups attached to an aromatic ring is 1. The van der Waals surface area contributed by atoms with Gasteiger partial charge in [0.1, 0.15) is 0 Å². The number of hydrogen-bond donors (Lipinski definition) is 1. The van der Waals surface area contributed by atoms with Crippen LogP contribution in [0.15, 0.2) is 46.2 Å². The molecule has 0 fully saturated rings. The molecule has 2 aromatic carbocycles. The molecule has 0 spiro atoms. The smallest absolute Gasteiger partial charge is 0.224 e. The van der Waals surface area contributed by atoms with E-state index < -0.39 is 5.82 Å². The topological polar surface area (TPSA) is 33.6 Å². The van der Waals surface area contributed by atoms with Gasteiger partial charge >= 0.3 is 0 Å². The fourth-order valence-electron chi connectivity index (χ4n) is 1.93. The van der Waals surface area contributed by atoms with Gasteiger partial charge in [0.2, 0.25) is 5.69 Å². The van der Waals surface area contributed by atoms with E-state index in [-0.39, 0.29) is 11.4 Å². The summed E-state index contributed by atoms with van der Waals surface area (Å²) in [6.45, 7) is 7.70. The molecular formula is C16H16FN3S. The Bertz CT molecular complexity index is 692. The van der Waals surface area contributed by atoms with Gasteiger partial charge in [0.15, 0.2) is 5.82 Å². The van der Waals surface area contributed by atoms with Crippen LogP contribution in [0.1, 0.15) is 5.56 Å². The van der Waals surface area contributed by atoms with Gasteiger partial charge in [0.25, 0.3) is 0 Å². The van der Waals surface area contributed by atoms with E-state index in [2.05, 4.69) is 9.74 Å². The molecule has 21 heavy (non-hydrogen) atoms. The molecule has 0 saturated carbocycles. The molecule has 0 heterocycles. The molecule has 0 bridgehead atoms. The number of benzene rings is 2. The third kappa shape index (κ3) is 3.54. The second-order valence-electron chi connectivity index (χ2n) is 4.87. The minimum Gasteiger partial charge on any atom is -0.397 e. The Morgan fingerprint density at radius 3 is 2.57 bits per heavy atom. The van der Waals surface area contributed by atoms with Crippen LogP contribution in [0.4, 0.5) is 15.8 Å². The van der Waals surface area contributed by atoms with Crippen LogP contribution in [0.25, 0.3) is 4.85 Å². The lowest BCUT2D eigenvalue weighted by Gasteiger charge is -2.14. The van der Waals surface area contributed by atoms with Gasteiger partial charge in [0.05, 0.1) is 12.3 Å². The Kier molecular flexibility index (Phi) is 4.84. The molecule has 0 amide bonds. The molecule has 0 aliphatic heterocycles. The van der Waals surface area contributed by atoms with Crippen LogP contribution in [0.3, 0.4) is 0 Å². The molecule has 0 saturated heterocycles. The Labute approximate surface area is 128 Å². The molecule has 3 nitrogen and oxygen atoms in total. The molecule has 2 aromatic rings.